The van der Waals surface area contributed by atoms with Crippen molar-refractivity contribution in [1.29, 1.82) is 0 Å². The van der Waals surface area contributed by atoms with E-state index in [4.69, 9.17) is 0 Å². The third-order valence-corrected chi connectivity index (χ3v) is 3.85. The number of carbonyl (C=O) groups is 2. The van der Waals surface area contributed by atoms with Crippen LogP contribution in [0.2, 0.25) is 0 Å². The second kappa shape index (κ2) is 6.59. The summed E-state index contributed by atoms with van der Waals surface area (Å²) in [5.74, 6) is 0.125. The van der Waals surface area contributed by atoms with E-state index >= 15 is 0 Å². The van der Waals surface area contributed by atoms with Gasteiger partial charge in [-0.1, -0.05) is 41.5 Å². The number of hydrogen-bond donors (Lipinski definition) is 1. The Hall–Kier alpha value is -1.71. The van der Waals surface area contributed by atoms with E-state index in [0.717, 1.165) is 10.3 Å². The molecule has 22 heavy (non-hydrogen) atoms. The number of hydrogen-bond acceptors (Lipinski definition) is 3. The highest BCUT2D eigenvalue weighted by Crippen LogP contribution is 2.31. The lowest BCUT2D eigenvalue weighted by molar-refractivity contribution is -0.904. The van der Waals surface area contributed by atoms with Crippen molar-refractivity contribution in [3.8, 4) is 0 Å². The molecule has 0 aliphatic carbocycles. The minimum atomic E-state index is -0.422. The Morgan fingerprint density at radius 1 is 0.955 bits per heavy atom. The van der Waals surface area contributed by atoms with E-state index in [-0.39, 0.29) is 17.5 Å². The molecule has 4 nitrogen and oxygen atoms in total. The van der Waals surface area contributed by atoms with Crippen LogP contribution in [0.4, 0.5) is 0 Å². The smallest absolute Gasteiger partial charge is 0.222 e. The summed E-state index contributed by atoms with van der Waals surface area (Å²) < 4.78 is 0.956. The van der Waals surface area contributed by atoms with Gasteiger partial charge in [0.25, 0.3) is 0 Å². The minimum absolute atomic E-state index is 0.139. The van der Waals surface area contributed by atoms with Crippen LogP contribution in [0.1, 0.15) is 65.9 Å². The van der Waals surface area contributed by atoms with Crippen LogP contribution in [0.15, 0.2) is 24.5 Å². The molecule has 0 aliphatic rings. The number of aromatic nitrogens is 1. The maximum Gasteiger partial charge on any atom is 0.222 e. The van der Waals surface area contributed by atoms with Gasteiger partial charge in [0.05, 0.1) is 0 Å². The van der Waals surface area contributed by atoms with Crippen LogP contribution in [0.25, 0.3) is 0 Å². The second-order valence-corrected chi connectivity index (χ2v) is 7.96. The number of nitrogens with zero attached hydrogens (tertiary/aromatic N) is 1. The van der Waals surface area contributed by atoms with Crippen molar-refractivity contribution in [3.63, 3.8) is 0 Å². The van der Waals surface area contributed by atoms with Crippen LogP contribution in [-0.2, 0) is 9.59 Å². The van der Waals surface area contributed by atoms with Gasteiger partial charge in [0, 0.05) is 40.5 Å². The normalized spacial score (nSPS) is 12.5. The van der Waals surface area contributed by atoms with Crippen LogP contribution in [0.3, 0.4) is 0 Å². The second-order valence-electron chi connectivity index (χ2n) is 7.96. The van der Waals surface area contributed by atoms with Crippen molar-refractivity contribution in [3.05, 3.63) is 30.1 Å². The van der Waals surface area contributed by atoms with Gasteiger partial charge >= 0.3 is 0 Å². The van der Waals surface area contributed by atoms with Gasteiger partial charge in [0.1, 0.15) is 11.6 Å². The fraction of sp³-hybridized carbons (Fsp3) is 0.611. The molecule has 0 radical (unpaired) electrons. The van der Waals surface area contributed by atoms with Crippen molar-refractivity contribution in [2.75, 3.05) is 0 Å². The Balaban J connectivity index is 3.02. The Morgan fingerprint density at radius 3 is 1.64 bits per heavy atom. The summed E-state index contributed by atoms with van der Waals surface area (Å²) in [5, 5.41) is 9.34. The molecule has 0 bridgehead atoms. The zero-order valence-electron chi connectivity index (χ0n) is 14.5. The van der Waals surface area contributed by atoms with Crippen molar-refractivity contribution in [2.45, 2.75) is 60.3 Å². The number of rotatable bonds is 5. The molecular formula is C18H28NO3+. The van der Waals surface area contributed by atoms with Crippen molar-refractivity contribution < 1.29 is 19.5 Å². The molecule has 0 saturated carbocycles. The monoisotopic (exact) mass is 306 g/mol. The largest absolute Gasteiger partial charge is 0.299 e. The Morgan fingerprint density at radius 2 is 1.32 bits per heavy atom. The van der Waals surface area contributed by atoms with E-state index < -0.39 is 10.8 Å². The Labute approximate surface area is 133 Å². The first-order valence-corrected chi connectivity index (χ1v) is 7.68. The maximum atomic E-state index is 12.4. The number of ketones is 2. The SMILES string of the molecule is CC(C)(C)C(=O)CC(CC(=O)C(C)(C)C)c1cc[n+](O)cc1. The zero-order valence-corrected chi connectivity index (χ0v) is 14.5. The quantitative estimate of drug-likeness (QED) is 0.670. The fourth-order valence-electron chi connectivity index (χ4n) is 2.07. The number of Topliss-reactive ketones (excluding diaryl/α,β-unsaturated/α-hetero) is 2. The predicted octanol–water partition coefficient (Wildman–Crippen LogP) is 3.31. The fourth-order valence-corrected chi connectivity index (χ4v) is 2.07. The molecule has 0 atom stereocenters. The summed E-state index contributed by atoms with van der Waals surface area (Å²) in [4.78, 5) is 24.8. The van der Waals surface area contributed by atoms with Gasteiger partial charge in [-0.3, -0.25) is 14.8 Å². The summed E-state index contributed by atoms with van der Waals surface area (Å²) in [6.45, 7) is 11.4. The molecule has 1 aromatic rings. The minimum Gasteiger partial charge on any atom is -0.299 e. The molecule has 122 valence electrons. The van der Waals surface area contributed by atoms with E-state index in [1.165, 1.54) is 12.4 Å². The number of carbonyl (C=O) groups excluding carboxylic acids is 2. The first-order valence-electron chi connectivity index (χ1n) is 7.68. The van der Waals surface area contributed by atoms with Gasteiger partial charge in [-0.25, -0.2) is 0 Å². The summed E-state index contributed by atoms with van der Waals surface area (Å²) in [6.07, 6.45) is 3.71. The van der Waals surface area contributed by atoms with Gasteiger partial charge in [-0.15, -0.1) is 0 Å². The van der Waals surface area contributed by atoms with Gasteiger partial charge < -0.3 is 0 Å². The van der Waals surface area contributed by atoms with Gasteiger partial charge in [0.2, 0.25) is 12.4 Å². The Kier molecular flexibility index (Phi) is 5.49. The summed E-state index contributed by atoms with van der Waals surface area (Å²) >= 11 is 0. The third-order valence-electron chi connectivity index (χ3n) is 3.85. The topological polar surface area (TPSA) is 58.2 Å². The molecule has 0 fully saturated rings. The van der Waals surface area contributed by atoms with Crippen LogP contribution in [-0.4, -0.2) is 16.8 Å². The van der Waals surface area contributed by atoms with E-state index in [1.54, 1.807) is 12.1 Å². The average molecular weight is 306 g/mol. The molecule has 1 rings (SSSR count). The molecule has 1 N–H and O–H groups in total. The molecule has 0 spiro atoms. The van der Waals surface area contributed by atoms with Crippen LogP contribution >= 0.6 is 0 Å². The highest BCUT2D eigenvalue weighted by molar-refractivity contribution is 5.87. The van der Waals surface area contributed by atoms with Crippen molar-refractivity contribution in [2.24, 2.45) is 10.8 Å². The average Bonchev–Trinajstić information content (AvgIpc) is 2.36. The van der Waals surface area contributed by atoms with Gasteiger partial charge in [-0.05, 0) is 11.5 Å². The van der Waals surface area contributed by atoms with E-state index in [0.29, 0.717) is 12.8 Å². The first-order chi connectivity index (χ1) is 9.91. The van der Waals surface area contributed by atoms with Crippen LogP contribution in [0.5, 0.6) is 0 Å². The molecule has 0 amide bonds. The van der Waals surface area contributed by atoms with Gasteiger partial charge in [0.15, 0.2) is 0 Å². The summed E-state index contributed by atoms with van der Waals surface area (Å²) in [6, 6.07) is 3.52. The standard InChI is InChI=1S/C18H28NO3/c1-17(2,3)15(20)11-14(12-16(21)18(4,5)6)13-7-9-19(22)10-8-13/h7-10,14,22H,11-12H2,1-6H3/q+1. The maximum absolute atomic E-state index is 12.4. The molecule has 0 aliphatic heterocycles. The molecule has 1 aromatic heterocycles. The number of pyridine rings is 1. The van der Waals surface area contributed by atoms with E-state index in [9.17, 15) is 14.8 Å². The molecule has 0 unspecified atom stereocenters. The molecular weight excluding hydrogens is 278 g/mol. The highest BCUT2D eigenvalue weighted by Gasteiger charge is 2.30. The predicted molar refractivity (Wildman–Crippen MR) is 84.7 cm³/mol. The zero-order chi connectivity index (χ0) is 17.1. The van der Waals surface area contributed by atoms with Gasteiger partial charge in [-0.2, -0.15) is 0 Å². The van der Waals surface area contributed by atoms with E-state index in [2.05, 4.69) is 0 Å². The third kappa shape index (κ3) is 5.24. The molecule has 4 heteroatoms. The van der Waals surface area contributed by atoms with Crippen LogP contribution in [0, 0.1) is 10.8 Å². The summed E-state index contributed by atoms with van der Waals surface area (Å²) in [5.41, 5.74) is 0.0594. The summed E-state index contributed by atoms with van der Waals surface area (Å²) in [7, 11) is 0. The highest BCUT2D eigenvalue weighted by atomic mass is 16.5. The van der Waals surface area contributed by atoms with E-state index in [1.807, 2.05) is 41.5 Å². The lowest BCUT2D eigenvalue weighted by Gasteiger charge is -2.24. The lowest BCUT2D eigenvalue weighted by atomic mass is 9.78. The Bertz CT molecular complexity index is 505. The lowest BCUT2D eigenvalue weighted by Crippen LogP contribution is -2.29. The molecule has 0 aromatic carbocycles. The molecule has 0 saturated heterocycles. The molecule has 1 heterocycles. The first kappa shape index (κ1) is 18.3. The van der Waals surface area contributed by atoms with Crippen molar-refractivity contribution in [1.82, 2.24) is 0 Å². The van der Waals surface area contributed by atoms with Crippen LogP contribution < -0.4 is 4.73 Å². The van der Waals surface area contributed by atoms with Crippen molar-refractivity contribution >= 4 is 11.6 Å².